The Morgan fingerprint density at radius 3 is 3.06 bits per heavy atom. The minimum absolute atomic E-state index is 0.0810. The largest absolute Gasteiger partial charge is 0.490 e. The molecule has 1 aromatic heterocycles. The van der Waals surface area contributed by atoms with Crippen molar-refractivity contribution in [3.8, 4) is 5.75 Å². The highest BCUT2D eigenvalue weighted by atomic mass is 16.5. The van der Waals surface area contributed by atoms with E-state index in [-0.39, 0.29) is 6.61 Å². The topological polar surface area (TPSA) is 45.6 Å². The highest BCUT2D eigenvalue weighted by Gasteiger charge is 2.11. The molecule has 0 atom stereocenters. The minimum atomic E-state index is 0.0810. The van der Waals surface area contributed by atoms with E-state index in [1.165, 1.54) is 0 Å². The van der Waals surface area contributed by atoms with Gasteiger partial charge < -0.3 is 14.7 Å². The van der Waals surface area contributed by atoms with E-state index in [4.69, 9.17) is 9.84 Å². The average molecular weight is 236 g/mol. The van der Waals surface area contributed by atoms with Crippen molar-refractivity contribution in [2.24, 2.45) is 0 Å². The molecule has 1 rings (SSSR count). The molecule has 0 aliphatic rings. The van der Waals surface area contributed by atoms with Gasteiger partial charge in [-0.25, -0.2) is 4.98 Å². The molecule has 94 valence electrons. The standard InChI is InChI=1S/C13H20N2O2/c1-3-8-15(9-10-16)13-12(17-11-4-2)6-5-7-14-13/h3,5-7,16H,1,4,8-11H2,2H3. The van der Waals surface area contributed by atoms with Crippen LogP contribution in [0.3, 0.4) is 0 Å². The minimum Gasteiger partial charge on any atom is -0.490 e. The van der Waals surface area contributed by atoms with Crippen molar-refractivity contribution in [1.29, 1.82) is 0 Å². The number of pyridine rings is 1. The number of hydrogen-bond acceptors (Lipinski definition) is 4. The highest BCUT2D eigenvalue weighted by Crippen LogP contribution is 2.25. The third-order valence-corrected chi connectivity index (χ3v) is 2.23. The number of ether oxygens (including phenoxy) is 1. The molecule has 17 heavy (non-hydrogen) atoms. The fraction of sp³-hybridized carbons (Fsp3) is 0.462. The first-order valence-electron chi connectivity index (χ1n) is 5.88. The lowest BCUT2D eigenvalue weighted by atomic mass is 10.3. The molecule has 0 amide bonds. The van der Waals surface area contributed by atoms with Gasteiger partial charge in [-0.05, 0) is 18.6 Å². The summed E-state index contributed by atoms with van der Waals surface area (Å²) in [5.74, 6) is 1.51. The zero-order valence-electron chi connectivity index (χ0n) is 10.3. The van der Waals surface area contributed by atoms with E-state index in [1.807, 2.05) is 17.0 Å². The maximum atomic E-state index is 9.05. The molecule has 0 spiro atoms. The van der Waals surface area contributed by atoms with E-state index in [1.54, 1.807) is 12.3 Å². The maximum absolute atomic E-state index is 9.05. The summed E-state index contributed by atoms with van der Waals surface area (Å²) >= 11 is 0. The van der Waals surface area contributed by atoms with E-state index < -0.39 is 0 Å². The SMILES string of the molecule is C=CCN(CCO)c1ncccc1OCCC. The summed E-state index contributed by atoms with van der Waals surface area (Å²) in [5.41, 5.74) is 0. The molecule has 0 saturated carbocycles. The Morgan fingerprint density at radius 2 is 2.41 bits per heavy atom. The highest BCUT2D eigenvalue weighted by molar-refractivity contribution is 5.52. The Balaban J connectivity index is 2.87. The fourth-order valence-corrected chi connectivity index (χ4v) is 1.50. The predicted molar refractivity (Wildman–Crippen MR) is 69.5 cm³/mol. The van der Waals surface area contributed by atoms with Gasteiger partial charge in [-0.3, -0.25) is 0 Å². The molecule has 0 aliphatic heterocycles. The summed E-state index contributed by atoms with van der Waals surface area (Å²) in [4.78, 5) is 6.25. The van der Waals surface area contributed by atoms with Gasteiger partial charge in [0, 0.05) is 19.3 Å². The van der Waals surface area contributed by atoms with Gasteiger partial charge in [0.1, 0.15) is 0 Å². The smallest absolute Gasteiger partial charge is 0.171 e. The Kier molecular flexibility index (Phi) is 6.10. The molecule has 4 heteroatoms. The zero-order chi connectivity index (χ0) is 12.5. The second-order valence-corrected chi connectivity index (χ2v) is 3.63. The van der Waals surface area contributed by atoms with Gasteiger partial charge in [-0.15, -0.1) is 6.58 Å². The van der Waals surface area contributed by atoms with Crippen LogP contribution in [0.15, 0.2) is 31.0 Å². The molecular formula is C13H20N2O2. The van der Waals surface area contributed by atoms with Crippen molar-refractivity contribution in [1.82, 2.24) is 4.98 Å². The summed E-state index contributed by atoms with van der Waals surface area (Å²) < 4.78 is 5.64. The monoisotopic (exact) mass is 236 g/mol. The molecular weight excluding hydrogens is 216 g/mol. The Morgan fingerprint density at radius 1 is 1.59 bits per heavy atom. The second kappa shape index (κ2) is 7.68. The summed E-state index contributed by atoms with van der Waals surface area (Å²) in [5, 5.41) is 9.05. The summed E-state index contributed by atoms with van der Waals surface area (Å²) in [7, 11) is 0. The molecule has 0 aliphatic carbocycles. The lowest BCUT2D eigenvalue weighted by molar-refractivity contribution is 0.299. The third-order valence-electron chi connectivity index (χ3n) is 2.23. The van der Waals surface area contributed by atoms with Crippen molar-refractivity contribution in [3.05, 3.63) is 31.0 Å². The van der Waals surface area contributed by atoms with Crippen LogP contribution in [0.1, 0.15) is 13.3 Å². The molecule has 0 unspecified atom stereocenters. The Bertz CT molecular complexity index is 342. The van der Waals surface area contributed by atoms with Crippen LogP contribution in [0.4, 0.5) is 5.82 Å². The van der Waals surface area contributed by atoms with Crippen molar-refractivity contribution >= 4 is 5.82 Å². The number of aliphatic hydroxyl groups is 1. The van der Waals surface area contributed by atoms with Crippen molar-refractivity contribution in [2.75, 3.05) is 31.2 Å². The van der Waals surface area contributed by atoms with Gasteiger partial charge in [-0.2, -0.15) is 0 Å². The molecule has 4 nitrogen and oxygen atoms in total. The van der Waals surface area contributed by atoms with Gasteiger partial charge in [-0.1, -0.05) is 13.0 Å². The van der Waals surface area contributed by atoms with E-state index in [9.17, 15) is 0 Å². The lowest BCUT2D eigenvalue weighted by Gasteiger charge is -2.23. The number of anilines is 1. The molecule has 1 N–H and O–H groups in total. The average Bonchev–Trinajstić information content (AvgIpc) is 2.36. The first-order valence-corrected chi connectivity index (χ1v) is 5.88. The van der Waals surface area contributed by atoms with Crippen LogP contribution in [0.25, 0.3) is 0 Å². The van der Waals surface area contributed by atoms with Crippen molar-refractivity contribution < 1.29 is 9.84 Å². The second-order valence-electron chi connectivity index (χ2n) is 3.63. The number of aromatic nitrogens is 1. The van der Waals surface area contributed by atoms with E-state index in [2.05, 4.69) is 18.5 Å². The van der Waals surface area contributed by atoms with Crippen LogP contribution in [0.2, 0.25) is 0 Å². The van der Waals surface area contributed by atoms with Gasteiger partial charge in [0.25, 0.3) is 0 Å². The first kappa shape index (κ1) is 13.5. The molecule has 0 radical (unpaired) electrons. The number of hydrogen-bond donors (Lipinski definition) is 1. The summed E-state index contributed by atoms with van der Waals surface area (Å²) in [6.07, 6.45) is 4.46. The number of aliphatic hydroxyl groups excluding tert-OH is 1. The fourth-order valence-electron chi connectivity index (χ4n) is 1.50. The van der Waals surface area contributed by atoms with Gasteiger partial charge in [0.2, 0.25) is 0 Å². The first-order chi connectivity index (χ1) is 8.33. The molecule has 0 saturated heterocycles. The van der Waals surface area contributed by atoms with Gasteiger partial charge in [0.15, 0.2) is 11.6 Å². The van der Waals surface area contributed by atoms with Gasteiger partial charge >= 0.3 is 0 Å². The van der Waals surface area contributed by atoms with Crippen LogP contribution >= 0.6 is 0 Å². The Labute approximate surface area is 103 Å². The molecule has 0 fully saturated rings. The number of nitrogens with zero attached hydrogens (tertiary/aromatic N) is 2. The van der Waals surface area contributed by atoms with Crippen molar-refractivity contribution in [2.45, 2.75) is 13.3 Å². The van der Waals surface area contributed by atoms with E-state index in [0.29, 0.717) is 19.7 Å². The summed E-state index contributed by atoms with van der Waals surface area (Å²) in [6, 6.07) is 3.74. The van der Waals surface area contributed by atoms with E-state index in [0.717, 1.165) is 18.0 Å². The van der Waals surface area contributed by atoms with Crippen LogP contribution in [0, 0.1) is 0 Å². The molecule has 1 aromatic rings. The molecule has 0 bridgehead atoms. The Hall–Kier alpha value is -1.55. The molecule has 1 heterocycles. The molecule has 0 aromatic carbocycles. The van der Waals surface area contributed by atoms with Crippen LogP contribution < -0.4 is 9.64 Å². The zero-order valence-corrected chi connectivity index (χ0v) is 10.3. The van der Waals surface area contributed by atoms with Crippen LogP contribution in [-0.2, 0) is 0 Å². The number of rotatable bonds is 8. The maximum Gasteiger partial charge on any atom is 0.171 e. The van der Waals surface area contributed by atoms with E-state index >= 15 is 0 Å². The van der Waals surface area contributed by atoms with Crippen LogP contribution in [0.5, 0.6) is 5.75 Å². The third kappa shape index (κ3) is 4.07. The normalized spacial score (nSPS) is 10.0. The van der Waals surface area contributed by atoms with Crippen LogP contribution in [-0.4, -0.2) is 36.4 Å². The predicted octanol–water partition coefficient (Wildman–Crippen LogP) is 1.86. The quantitative estimate of drug-likeness (QED) is 0.700. The van der Waals surface area contributed by atoms with Gasteiger partial charge in [0.05, 0.1) is 13.2 Å². The summed E-state index contributed by atoms with van der Waals surface area (Å²) in [6.45, 7) is 7.67. The van der Waals surface area contributed by atoms with Crippen molar-refractivity contribution in [3.63, 3.8) is 0 Å². The lowest BCUT2D eigenvalue weighted by Crippen LogP contribution is -2.28.